The number of aryl methyl sites for hydroxylation is 1. The van der Waals surface area contributed by atoms with E-state index in [-0.39, 0.29) is 10.8 Å². The fraction of sp³-hybridized carbons (Fsp3) is 0.636. The maximum atomic E-state index is 14.4. The van der Waals surface area contributed by atoms with Gasteiger partial charge in [0.25, 0.3) is 0 Å². The summed E-state index contributed by atoms with van der Waals surface area (Å²) in [5.74, 6) is 2.44. The highest BCUT2D eigenvalue weighted by atomic mass is 35.5. The highest BCUT2D eigenvalue weighted by Crippen LogP contribution is 2.42. The van der Waals surface area contributed by atoms with Crippen LogP contribution >= 0.6 is 11.6 Å². The van der Waals surface area contributed by atoms with Gasteiger partial charge in [0.1, 0.15) is 5.82 Å². The third kappa shape index (κ3) is 3.87. The molecule has 2 aliphatic rings. The summed E-state index contributed by atoms with van der Waals surface area (Å²) in [6.45, 7) is 4.16. The average Bonchev–Trinajstić information content (AvgIpc) is 2.61. The van der Waals surface area contributed by atoms with Crippen molar-refractivity contribution in [1.82, 2.24) is 0 Å². The molecule has 0 aliphatic heterocycles. The van der Waals surface area contributed by atoms with Gasteiger partial charge in [0.2, 0.25) is 0 Å². The molecule has 3 rings (SSSR count). The van der Waals surface area contributed by atoms with E-state index in [4.69, 9.17) is 11.6 Å². The molecular formula is C22H30ClF. The summed E-state index contributed by atoms with van der Waals surface area (Å²) in [5, 5.41) is 0.282. The highest BCUT2D eigenvalue weighted by molar-refractivity contribution is 6.31. The van der Waals surface area contributed by atoms with Crippen molar-refractivity contribution >= 4 is 17.2 Å². The van der Waals surface area contributed by atoms with Crippen molar-refractivity contribution in [2.45, 2.75) is 71.6 Å². The normalized spacial score (nSPS) is 27.8. The van der Waals surface area contributed by atoms with Gasteiger partial charge in [-0.15, -0.1) is 0 Å². The minimum absolute atomic E-state index is 0.235. The van der Waals surface area contributed by atoms with Crippen molar-refractivity contribution in [3.05, 3.63) is 40.2 Å². The Bertz CT molecular complexity index is 596. The molecule has 0 saturated heterocycles. The maximum Gasteiger partial charge on any atom is 0.149 e. The fourth-order valence-electron chi connectivity index (χ4n) is 4.78. The van der Waals surface area contributed by atoms with E-state index in [1.165, 1.54) is 44.9 Å². The first-order valence-corrected chi connectivity index (χ1v) is 10.1. The Morgan fingerprint density at radius 2 is 1.83 bits per heavy atom. The van der Waals surface area contributed by atoms with E-state index in [0.29, 0.717) is 0 Å². The Balaban J connectivity index is 1.62. The molecule has 1 aromatic rings. The maximum absolute atomic E-state index is 14.4. The molecule has 0 radical (unpaired) electrons. The van der Waals surface area contributed by atoms with E-state index >= 15 is 0 Å². The lowest BCUT2D eigenvalue weighted by atomic mass is 9.70. The van der Waals surface area contributed by atoms with Crippen LogP contribution in [0.3, 0.4) is 0 Å². The number of rotatable bonds is 4. The summed E-state index contributed by atoms with van der Waals surface area (Å²) >= 11 is 6.09. The van der Waals surface area contributed by atoms with E-state index in [0.717, 1.165) is 47.3 Å². The summed E-state index contributed by atoms with van der Waals surface area (Å²) in [7, 11) is 0. The molecule has 1 saturated carbocycles. The predicted octanol–water partition coefficient (Wildman–Crippen LogP) is 7.58. The summed E-state index contributed by atoms with van der Waals surface area (Å²) < 4.78 is 14.4. The van der Waals surface area contributed by atoms with Crippen molar-refractivity contribution in [3.63, 3.8) is 0 Å². The first-order chi connectivity index (χ1) is 11.6. The van der Waals surface area contributed by atoms with E-state index < -0.39 is 0 Å². The highest BCUT2D eigenvalue weighted by Gasteiger charge is 2.29. The molecule has 132 valence electrons. The second-order valence-corrected chi connectivity index (χ2v) is 8.27. The van der Waals surface area contributed by atoms with Crippen LogP contribution < -0.4 is 0 Å². The smallest absolute Gasteiger partial charge is 0.149 e. The number of hydrogen-bond acceptors (Lipinski definition) is 0. The van der Waals surface area contributed by atoms with Crippen molar-refractivity contribution in [2.75, 3.05) is 0 Å². The van der Waals surface area contributed by atoms with E-state index in [1.807, 2.05) is 19.1 Å². The lowest BCUT2D eigenvalue weighted by Crippen LogP contribution is -2.23. The van der Waals surface area contributed by atoms with Crippen LogP contribution in [0, 0.1) is 30.5 Å². The van der Waals surface area contributed by atoms with E-state index in [9.17, 15) is 4.39 Å². The topological polar surface area (TPSA) is 0 Å². The zero-order valence-corrected chi connectivity index (χ0v) is 15.8. The van der Waals surface area contributed by atoms with Gasteiger partial charge >= 0.3 is 0 Å². The van der Waals surface area contributed by atoms with Crippen molar-refractivity contribution < 1.29 is 4.39 Å². The van der Waals surface area contributed by atoms with Gasteiger partial charge < -0.3 is 0 Å². The first kappa shape index (κ1) is 18.0. The van der Waals surface area contributed by atoms with Crippen LogP contribution in [0.15, 0.2) is 18.2 Å². The first-order valence-electron chi connectivity index (χ1n) is 9.74. The molecule has 0 nitrogen and oxygen atoms in total. The van der Waals surface area contributed by atoms with Crippen LogP contribution in [0.4, 0.5) is 4.39 Å². The molecule has 0 bridgehead atoms. The third-order valence-electron chi connectivity index (χ3n) is 6.33. The standard InChI is InChI=1S/C22H30ClF/c1-3-4-16-6-8-17(9-7-16)18-10-12-19(13-11-18)20-14-5-15(2)21(23)22(20)24/h5,12,14,16-18H,3-4,6-11,13H2,1-2H3. The number of hydrogen-bond donors (Lipinski definition) is 0. The molecule has 0 aromatic heterocycles. The Hall–Kier alpha value is -0.820. The van der Waals surface area contributed by atoms with Gasteiger partial charge in [-0.25, -0.2) is 4.39 Å². The predicted molar refractivity (Wildman–Crippen MR) is 102 cm³/mol. The minimum atomic E-state index is -0.235. The van der Waals surface area contributed by atoms with Crippen LogP contribution in [0.5, 0.6) is 0 Å². The van der Waals surface area contributed by atoms with Crippen LogP contribution in [0.2, 0.25) is 5.02 Å². The quantitative estimate of drug-likeness (QED) is 0.526. The molecule has 0 spiro atoms. The molecule has 1 atom stereocenters. The molecule has 1 unspecified atom stereocenters. The molecule has 2 heteroatoms. The zero-order valence-electron chi connectivity index (χ0n) is 15.1. The van der Waals surface area contributed by atoms with E-state index in [2.05, 4.69) is 13.0 Å². The summed E-state index contributed by atoms with van der Waals surface area (Å²) in [5.41, 5.74) is 2.69. The zero-order chi connectivity index (χ0) is 17.1. The molecule has 24 heavy (non-hydrogen) atoms. The van der Waals surface area contributed by atoms with Crippen LogP contribution in [0.1, 0.15) is 75.8 Å². The summed E-state index contributed by atoms with van der Waals surface area (Å²) in [4.78, 5) is 0. The molecule has 2 aliphatic carbocycles. The van der Waals surface area contributed by atoms with Gasteiger partial charge in [-0.2, -0.15) is 0 Å². The second-order valence-electron chi connectivity index (χ2n) is 7.89. The molecule has 1 fully saturated rings. The average molecular weight is 349 g/mol. The fourth-order valence-corrected chi connectivity index (χ4v) is 4.94. The largest absolute Gasteiger partial charge is 0.205 e. The minimum Gasteiger partial charge on any atom is -0.205 e. The van der Waals surface area contributed by atoms with Gasteiger partial charge in [0.15, 0.2) is 0 Å². The molecule has 0 heterocycles. The van der Waals surface area contributed by atoms with Crippen molar-refractivity contribution in [3.8, 4) is 0 Å². The van der Waals surface area contributed by atoms with Gasteiger partial charge in [0.05, 0.1) is 5.02 Å². The number of benzene rings is 1. The summed E-state index contributed by atoms with van der Waals surface area (Å²) in [6.07, 6.45) is 14.0. The lowest BCUT2D eigenvalue weighted by Gasteiger charge is -2.35. The molecular weight excluding hydrogens is 319 g/mol. The summed E-state index contributed by atoms with van der Waals surface area (Å²) in [6, 6.07) is 3.83. The Labute approximate surface area is 151 Å². The molecule has 0 N–H and O–H groups in total. The SMILES string of the molecule is CCCC1CCC(C2CC=C(c3ccc(C)c(Cl)c3F)CC2)CC1. The van der Waals surface area contributed by atoms with Gasteiger partial charge in [-0.1, -0.05) is 62.4 Å². The van der Waals surface area contributed by atoms with E-state index in [1.54, 1.807) is 0 Å². The van der Waals surface area contributed by atoms with Crippen LogP contribution in [-0.2, 0) is 0 Å². The third-order valence-corrected chi connectivity index (χ3v) is 6.79. The Morgan fingerprint density at radius 3 is 2.46 bits per heavy atom. The van der Waals surface area contributed by atoms with Crippen LogP contribution in [-0.4, -0.2) is 0 Å². The Morgan fingerprint density at radius 1 is 1.08 bits per heavy atom. The monoisotopic (exact) mass is 348 g/mol. The molecule has 0 amide bonds. The van der Waals surface area contributed by atoms with Gasteiger partial charge in [0, 0.05) is 5.56 Å². The number of allylic oxidation sites excluding steroid dienone is 2. The second kappa shape index (κ2) is 8.04. The van der Waals surface area contributed by atoms with Crippen molar-refractivity contribution in [2.24, 2.45) is 17.8 Å². The number of halogens is 2. The van der Waals surface area contributed by atoms with Crippen molar-refractivity contribution in [1.29, 1.82) is 0 Å². The van der Waals surface area contributed by atoms with Crippen LogP contribution in [0.25, 0.3) is 5.57 Å². The van der Waals surface area contributed by atoms with Gasteiger partial charge in [-0.05, 0) is 67.9 Å². The Kier molecular flexibility index (Phi) is 6.02. The molecule has 1 aromatic carbocycles. The van der Waals surface area contributed by atoms with Gasteiger partial charge in [-0.3, -0.25) is 0 Å². The lowest BCUT2D eigenvalue weighted by molar-refractivity contribution is 0.189.